The lowest BCUT2D eigenvalue weighted by molar-refractivity contribution is 0.999. The number of nitrogens with one attached hydrogen (secondary N) is 1. The van der Waals surface area contributed by atoms with Crippen LogP contribution >= 0.6 is 11.3 Å². The number of aromatic nitrogens is 2. The summed E-state index contributed by atoms with van der Waals surface area (Å²) in [5.41, 5.74) is 6.76. The summed E-state index contributed by atoms with van der Waals surface area (Å²) in [7, 11) is 0. The van der Waals surface area contributed by atoms with Crippen molar-refractivity contribution in [2.24, 2.45) is 5.73 Å². The third kappa shape index (κ3) is 1.88. The number of hydrogen-bond donors (Lipinski definition) is 2. The fraction of sp³-hybridized carbons (Fsp3) is 0.455. The second-order valence-electron chi connectivity index (χ2n) is 3.80. The van der Waals surface area contributed by atoms with E-state index in [9.17, 15) is 0 Å². The van der Waals surface area contributed by atoms with E-state index >= 15 is 0 Å². The molecule has 0 amide bonds. The predicted molar refractivity (Wildman–Crippen MR) is 69.2 cm³/mol. The van der Waals surface area contributed by atoms with E-state index in [2.05, 4.69) is 29.1 Å². The number of thiophene rings is 1. The molecule has 3 N–H and O–H groups in total. The van der Waals surface area contributed by atoms with Gasteiger partial charge in [0.05, 0.1) is 5.39 Å². The minimum Gasteiger partial charge on any atom is -0.368 e. The Balaban J connectivity index is 2.60. The monoisotopic (exact) mass is 236 g/mol. The molecular formula is C11H16N4S. The molecule has 0 aromatic carbocycles. The lowest BCUT2D eigenvalue weighted by Gasteiger charge is -2.06. The van der Waals surface area contributed by atoms with Crippen molar-refractivity contribution >= 4 is 27.4 Å². The Bertz CT molecular complexity index is 518. The van der Waals surface area contributed by atoms with Crippen LogP contribution in [0.3, 0.4) is 0 Å². The highest BCUT2D eigenvalue weighted by molar-refractivity contribution is 7.18. The van der Waals surface area contributed by atoms with Gasteiger partial charge in [-0.25, -0.2) is 9.97 Å². The smallest absolute Gasteiger partial charge is 0.138 e. The SMILES string of the molecule is Cc1nc(NCCN)c2c(C)c(C)sc2n1. The number of nitrogens with two attached hydrogens (primary N) is 1. The molecule has 0 atom stereocenters. The predicted octanol–water partition coefficient (Wildman–Crippen LogP) is 1.99. The quantitative estimate of drug-likeness (QED) is 0.855. The molecule has 0 saturated carbocycles. The van der Waals surface area contributed by atoms with Gasteiger partial charge in [0.15, 0.2) is 0 Å². The molecule has 0 radical (unpaired) electrons. The van der Waals surface area contributed by atoms with E-state index in [0.29, 0.717) is 6.54 Å². The van der Waals surface area contributed by atoms with E-state index in [1.54, 1.807) is 11.3 Å². The summed E-state index contributed by atoms with van der Waals surface area (Å²) in [6.07, 6.45) is 0. The van der Waals surface area contributed by atoms with Gasteiger partial charge in [-0.15, -0.1) is 11.3 Å². The molecule has 2 heterocycles. The molecule has 0 bridgehead atoms. The Morgan fingerprint density at radius 1 is 1.25 bits per heavy atom. The summed E-state index contributed by atoms with van der Waals surface area (Å²) in [5, 5.41) is 4.40. The van der Waals surface area contributed by atoms with E-state index in [-0.39, 0.29) is 0 Å². The van der Waals surface area contributed by atoms with Crippen LogP contribution in [-0.4, -0.2) is 23.1 Å². The molecule has 0 aliphatic heterocycles. The zero-order chi connectivity index (χ0) is 11.7. The molecule has 86 valence electrons. The van der Waals surface area contributed by atoms with Gasteiger partial charge in [0.2, 0.25) is 0 Å². The number of aryl methyl sites for hydroxylation is 3. The average Bonchev–Trinajstić information content (AvgIpc) is 2.51. The number of anilines is 1. The lowest BCUT2D eigenvalue weighted by atomic mass is 10.2. The molecule has 2 aromatic rings. The van der Waals surface area contributed by atoms with E-state index in [1.807, 2.05) is 6.92 Å². The summed E-state index contributed by atoms with van der Waals surface area (Å²) < 4.78 is 0. The molecule has 2 rings (SSSR count). The number of fused-ring (bicyclic) bond motifs is 1. The van der Waals surface area contributed by atoms with Crippen molar-refractivity contribution in [3.63, 3.8) is 0 Å². The van der Waals surface area contributed by atoms with Crippen molar-refractivity contribution in [2.75, 3.05) is 18.4 Å². The Kier molecular flexibility index (Phi) is 3.07. The van der Waals surface area contributed by atoms with Gasteiger partial charge >= 0.3 is 0 Å². The highest BCUT2D eigenvalue weighted by atomic mass is 32.1. The first-order chi connectivity index (χ1) is 7.63. The molecular weight excluding hydrogens is 220 g/mol. The van der Waals surface area contributed by atoms with Crippen LogP contribution in [0.25, 0.3) is 10.2 Å². The van der Waals surface area contributed by atoms with Crippen LogP contribution in [0.4, 0.5) is 5.82 Å². The minimum atomic E-state index is 0.604. The van der Waals surface area contributed by atoms with Gasteiger partial charge in [-0.3, -0.25) is 0 Å². The normalized spacial score (nSPS) is 11.0. The largest absolute Gasteiger partial charge is 0.368 e. The van der Waals surface area contributed by atoms with Crippen molar-refractivity contribution in [3.8, 4) is 0 Å². The van der Waals surface area contributed by atoms with Crippen molar-refractivity contribution in [1.29, 1.82) is 0 Å². The van der Waals surface area contributed by atoms with Crippen LogP contribution < -0.4 is 11.1 Å². The Morgan fingerprint density at radius 2 is 2.00 bits per heavy atom. The van der Waals surface area contributed by atoms with E-state index in [0.717, 1.165) is 28.4 Å². The zero-order valence-corrected chi connectivity index (χ0v) is 10.6. The maximum atomic E-state index is 5.50. The van der Waals surface area contributed by atoms with Gasteiger partial charge in [0, 0.05) is 18.0 Å². The summed E-state index contributed by atoms with van der Waals surface area (Å²) in [4.78, 5) is 11.3. The van der Waals surface area contributed by atoms with Gasteiger partial charge in [-0.05, 0) is 26.3 Å². The highest BCUT2D eigenvalue weighted by Gasteiger charge is 2.12. The Morgan fingerprint density at radius 3 is 2.69 bits per heavy atom. The molecule has 0 saturated heterocycles. The van der Waals surface area contributed by atoms with E-state index in [1.165, 1.54) is 10.4 Å². The molecule has 16 heavy (non-hydrogen) atoms. The highest BCUT2D eigenvalue weighted by Crippen LogP contribution is 2.32. The van der Waals surface area contributed by atoms with Crippen molar-refractivity contribution in [2.45, 2.75) is 20.8 Å². The third-order valence-corrected chi connectivity index (χ3v) is 3.68. The number of nitrogens with zero attached hydrogens (tertiary/aromatic N) is 2. The number of hydrogen-bond acceptors (Lipinski definition) is 5. The van der Waals surface area contributed by atoms with Crippen molar-refractivity contribution in [3.05, 3.63) is 16.3 Å². The molecule has 0 aliphatic carbocycles. The van der Waals surface area contributed by atoms with Crippen LogP contribution in [-0.2, 0) is 0 Å². The third-order valence-electron chi connectivity index (χ3n) is 2.58. The lowest BCUT2D eigenvalue weighted by Crippen LogP contribution is -2.14. The van der Waals surface area contributed by atoms with E-state index in [4.69, 9.17) is 5.73 Å². The van der Waals surface area contributed by atoms with Crippen molar-refractivity contribution < 1.29 is 0 Å². The maximum absolute atomic E-state index is 5.50. The van der Waals surface area contributed by atoms with Crippen LogP contribution in [0.15, 0.2) is 0 Å². The van der Waals surface area contributed by atoms with Gasteiger partial charge in [-0.2, -0.15) is 0 Å². The molecule has 0 spiro atoms. The molecule has 2 aromatic heterocycles. The number of rotatable bonds is 3. The molecule has 0 aliphatic rings. The Hall–Kier alpha value is -1.20. The fourth-order valence-electron chi connectivity index (χ4n) is 1.67. The summed E-state index contributed by atoms with van der Waals surface area (Å²) in [6, 6.07) is 0. The zero-order valence-electron chi connectivity index (χ0n) is 9.79. The standard InChI is InChI=1S/C11H16N4S/c1-6-7(2)16-11-9(6)10(13-5-4-12)14-8(3)15-11/h4-5,12H2,1-3H3,(H,13,14,15). The maximum Gasteiger partial charge on any atom is 0.138 e. The fourth-order valence-corrected chi connectivity index (χ4v) is 2.75. The summed E-state index contributed by atoms with van der Waals surface area (Å²) >= 11 is 1.72. The van der Waals surface area contributed by atoms with Crippen LogP contribution in [0, 0.1) is 20.8 Å². The molecule has 4 nitrogen and oxygen atoms in total. The first-order valence-corrected chi connectivity index (χ1v) is 6.13. The average molecular weight is 236 g/mol. The molecule has 0 unspecified atom stereocenters. The molecule has 0 fully saturated rings. The second kappa shape index (κ2) is 4.35. The van der Waals surface area contributed by atoms with Crippen LogP contribution in [0.1, 0.15) is 16.3 Å². The van der Waals surface area contributed by atoms with Crippen molar-refractivity contribution in [1.82, 2.24) is 9.97 Å². The van der Waals surface area contributed by atoms with Gasteiger partial charge in [-0.1, -0.05) is 0 Å². The summed E-state index contributed by atoms with van der Waals surface area (Å²) in [6.45, 7) is 7.48. The van der Waals surface area contributed by atoms with Crippen LogP contribution in [0.2, 0.25) is 0 Å². The molecule has 5 heteroatoms. The van der Waals surface area contributed by atoms with Gasteiger partial charge in [0.1, 0.15) is 16.5 Å². The van der Waals surface area contributed by atoms with Gasteiger partial charge < -0.3 is 11.1 Å². The van der Waals surface area contributed by atoms with Gasteiger partial charge in [0.25, 0.3) is 0 Å². The second-order valence-corrected chi connectivity index (χ2v) is 5.00. The summed E-state index contributed by atoms with van der Waals surface area (Å²) in [5.74, 6) is 1.71. The van der Waals surface area contributed by atoms with Crippen LogP contribution in [0.5, 0.6) is 0 Å². The first kappa shape index (κ1) is 11.3. The Labute approximate surface area is 98.9 Å². The van der Waals surface area contributed by atoms with E-state index < -0.39 is 0 Å². The minimum absolute atomic E-state index is 0.604. The first-order valence-electron chi connectivity index (χ1n) is 5.31. The topological polar surface area (TPSA) is 63.8 Å².